The molecule has 1 fully saturated rings. The summed E-state index contributed by atoms with van der Waals surface area (Å²) in [7, 11) is -1.39. The van der Waals surface area contributed by atoms with E-state index in [4.69, 9.17) is 4.84 Å². The van der Waals surface area contributed by atoms with E-state index in [1.54, 1.807) is 15.0 Å². The zero-order chi connectivity index (χ0) is 19.3. The van der Waals surface area contributed by atoms with Gasteiger partial charge < -0.3 is 4.84 Å². The highest BCUT2D eigenvalue weighted by Gasteiger charge is 2.48. The fourth-order valence-electron chi connectivity index (χ4n) is 3.68. The Morgan fingerprint density at radius 1 is 1.22 bits per heavy atom. The average molecular weight is 370 g/mol. The molecular weight excluding hydrogens is 352 g/mol. The third-order valence-electron chi connectivity index (χ3n) is 5.00. The number of fused-ring (bicyclic) bond motifs is 2. The van der Waals surface area contributed by atoms with Crippen molar-refractivity contribution in [2.75, 3.05) is 0 Å². The highest BCUT2D eigenvalue weighted by atomic mass is 19.1. The number of nitrogens with zero attached hydrogens (tertiary/aromatic N) is 3. The van der Waals surface area contributed by atoms with E-state index in [2.05, 4.69) is 0 Å². The highest BCUT2D eigenvalue weighted by Crippen LogP contribution is 2.29. The van der Waals surface area contributed by atoms with Crippen molar-refractivity contribution in [1.82, 2.24) is 9.54 Å². The van der Waals surface area contributed by atoms with Crippen LogP contribution in [0.25, 0.3) is 6.08 Å². The summed E-state index contributed by atoms with van der Waals surface area (Å²) in [5.41, 5.74) is 4.03. The SMILES string of the molecule is CC1=CC(C)=[N+]2B(F)n3c(ccc3CCC(=O)ON3C(=O)CCC3=O)C=C12. The first-order valence-corrected chi connectivity index (χ1v) is 8.80. The number of halogens is 1. The quantitative estimate of drug-likeness (QED) is 0.597. The van der Waals surface area contributed by atoms with Crippen molar-refractivity contribution < 1.29 is 28.0 Å². The molecule has 138 valence electrons. The van der Waals surface area contributed by atoms with Gasteiger partial charge in [-0.05, 0) is 25.5 Å². The van der Waals surface area contributed by atoms with Crippen molar-refractivity contribution in [3.05, 3.63) is 40.9 Å². The molecule has 0 aliphatic carbocycles. The molecule has 1 aromatic rings. The van der Waals surface area contributed by atoms with Gasteiger partial charge in [0.05, 0.1) is 6.42 Å². The van der Waals surface area contributed by atoms with Crippen LogP contribution in [-0.4, -0.2) is 44.8 Å². The molecule has 4 heterocycles. The number of imide groups is 1. The van der Waals surface area contributed by atoms with Gasteiger partial charge in [0.15, 0.2) is 11.4 Å². The van der Waals surface area contributed by atoms with Crippen LogP contribution in [0.15, 0.2) is 29.5 Å². The molecule has 0 aromatic carbocycles. The Hall–Kier alpha value is -2.97. The average Bonchev–Trinajstić information content (AvgIpc) is 3.26. The molecule has 9 heteroatoms. The Kier molecular flexibility index (Phi) is 4.09. The molecule has 1 aromatic heterocycles. The van der Waals surface area contributed by atoms with Gasteiger partial charge in [0.25, 0.3) is 11.8 Å². The van der Waals surface area contributed by atoms with Crippen LogP contribution in [0.5, 0.6) is 0 Å². The predicted octanol–water partition coefficient (Wildman–Crippen LogP) is 1.62. The minimum atomic E-state index is -1.39. The number of hydrogen-bond acceptors (Lipinski definition) is 4. The normalized spacial score (nSPS) is 18.6. The molecule has 0 bridgehead atoms. The molecule has 4 rings (SSSR count). The Bertz CT molecular complexity index is 959. The summed E-state index contributed by atoms with van der Waals surface area (Å²) in [5.74, 6) is -1.73. The van der Waals surface area contributed by atoms with E-state index < -0.39 is 25.0 Å². The maximum Gasteiger partial charge on any atom is 0.846 e. The second-order valence-corrected chi connectivity index (χ2v) is 6.84. The zero-order valence-electron chi connectivity index (χ0n) is 15.1. The number of aryl methyl sites for hydroxylation is 1. The number of carbonyl (C=O) groups excluding carboxylic acids is 3. The summed E-state index contributed by atoms with van der Waals surface area (Å²) in [6.07, 6.45) is 4.13. The lowest BCUT2D eigenvalue weighted by Gasteiger charge is -2.16. The van der Waals surface area contributed by atoms with Gasteiger partial charge in [-0.1, -0.05) is 0 Å². The maximum absolute atomic E-state index is 15.2. The smallest absolute Gasteiger partial charge is 0.330 e. The fourth-order valence-corrected chi connectivity index (χ4v) is 3.68. The third-order valence-corrected chi connectivity index (χ3v) is 5.00. The Balaban J connectivity index is 1.49. The highest BCUT2D eigenvalue weighted by molar-refractivity contribution is 6.43. The fraction of sp³-hybridized carbons (Fsp3) is 0.333. The predicted molar refractivity (Wildman–Crippen MR) is 94.9 cm³/mol. The summed E-state index contributed by atoms with van der Waals surface area (Å²) >= 11 is 0. The number of amides is 2. The molecule has 1 saturated heterocycles. The van der Waals surface area contributed by atoms with E-state index in [-0.39, 0.29) is 25.7 Å². The second kappa shape index (κ2) is 6.33. The first kappa shape index (κ1) is 17.4. The number of carbonyl (C=O) groups is 3. The summed E-state index contributed by atoms with van der Waals surface area (Å²) in [4.78, 5) is 39.9. The van der Waals surface area contributed by atoms with Crippen LogP contribution in [0.2, 0.25) is 0 Å². The Labute approximate surface area is 155 Å². The van der Waals surface area contributed by atoms with Crippen molar-refractivity contribution in [2.45, 2.75) is 39.5 Å². The van der Waals surface area contributed by atoms with Crippen LogP contribution >= 0.6 is 0 Å². The van der Waals surface area contributed by atoms with E-state index in [9.17, 15) is 14.4 Å². The molecular formula is C18H18BFN3O4+. The minimum absolute atomic E-state index is 0.0513. The number of hydroxylamine groups is 2. The van der Waals surface area contributed by atoms with Crippen LogP contribution in [0.1, 0.15) is 44.5 Å². The Morgan fingerprint density at radius 3 is 2.63 bits per heavy atom. The maximum atomic E-state index is 15.2. The lowest BCUT2D eigenvalue weighted by molar-refractivity contribution is -0.336. The van der Waals surface area contributed by atoms with Crippen molar-refractivity contribution in [3.63, 3.8) is 0 Å². The van der Waals surface area contributed by atoms with Gasteiger partial charge in [0, 0.05) is 48.9 Å². The van der Waals surface area contributed by atoms with E-state index in [0.29, 0.717) is 10.8 Å². The first-order chi connectivity index (χ1) is 12.9. The van der Waals surface area contributed by atoms with E-state index in [1.165, 1.54) is 0 Å². The molecule has 2 amide bonds. The molecule has 27 heavy (non-hydrogen) atoms. The van der Waals surface area contributed by atoms with Crippen LogP contribution in [-0.2, 0) is 25.6 Å². The summed E-state index contributed by atoms with van der Waals surface area (Å²) in [6, 6.07) is 3.58. The van der Waals surface area contributed by atoms with E-state index in [1.807, 2.05) is 32.1 Å². The van der Waals surface area contributed by atoms with Crippen molar-refractivity contribution in [3.8, 4) is 0 Å². The largest absolute Gasteiger partial charge is 0.846 e. The van der Waals surface area contributed by atoms with Gasteiger partial charge in [0.2, 0.25) is 0 Å². The van der Waals surface area contributed by atoms with Gasteiger partial charge in [0.1, 0.15) is 0 Å². The zero-order valence-corrected chi connectivity index (χ0v) is 15.1. The molecule has 0 saturated carbocycles. The van der Waals surface area contributed by atoms with Gasteiger partial charge >= 0.3 is 13.2 Å². The van der Waals surface area contributed by atoms with Crippen molar-refractivity contribution in [2.24, 2.45) is 0 Å². The lowest BCUT2D eigenvalue weighted by atomic mass is 9.95. The van der Waals surface area contributed by atoms with E-state index >= 15 is 4.32 Å². The molecule has 7 nitrogen and oxygen atoms in total. The van der Waals surface area contributed by atoms with Gasteiger partial charge in [-0.15, -0.1) is 5.06 Å². The topological polar surface area (TPSA) is 71.6 Å². The monoisotopic (exact) mass is 370 g/mol. The molecule has 0 atom stereocenters. The summed E-state index contributed by atoms with van der Waals surface area (Å²) in [5, 5.41) is 0.528. The summed E-state index contributed by atoms with van der Waals surface area (Å²) < 4.78 is 18.3. The lowest BCUT2D eigenvalue weighted by Crippen LogP contribution is -2.39. The minimum Gasteiger partial charge on any atom is -0.330 e. The second-order valence-electron chi connectivity index (χ2n) is 6.84. The van der Waals surface area contributed by atoms with Gasteiger partial charge in [-0.25, -0.2) is 13.6 Å². The number of allylic oxidation sites excluding steroid dienone is 2. The van der Waals surface area contributed by atoms with Gasteiger partial charge in [-0.2, -0.15) is 0 Å². The van der Waals surface area contributed by atoms with Crippen LogP contribution in [0.4, 0.5) is 4.32 Å². The van der Waals surface area contributed by atoms with E-state index in [0.717, 1.165) is 22.7 Å². The first-order valence-electron chi connectivity index (χ1n) is 8.80. The van der Waals surface area contributed by atoms with Gasteiger partial charge in [-0.3, -0.25) is 14.1 Å². The molecule has 3 aliphatic rings. The molecule has 0 spiro atoms. The summed E-state index contributed by atoms with van der Waals surface area (Å²) in [6.45, 7) is 3.80. The van der Waals surface area contributed by atoms with Crippen LogP contribution < -0.4 is 0 Å². The van der Waals surface area contributed by atoms with Crippen LogP contribution in [0, 0.1) is 0 Å². The van der Waals surface area contributed by atoms with Crippen LogP contribution in [0.3, 0.4) is 0 Å². The number of aromatic nitrogens is 1. The standard InChI is InChI=1S/C18H18BFN3O4/c1-11-9-12(2)21-15(11)10-14-4-3-13(22(14)19(21)20)5-8-18(26)27-23-16(24)6-7-17(23)25/h3-4,9-10H,5-8H2,1-2H3/q+1. The Morgan fingerprint density at radius 2 is 1.93 bits per heavy atom. The molecule has 3 aliphatic heterocycles. The number of hydrogen-bond donors (Lipinski definition) is 0. The van der Waals surface area contributed by atoms with Crippen molar-refractivity contribution in [1.29, 1.82) is 0 Å². The molecule has 0 N–H and O–H groups in total. The third kappa shape index (κ3) is 2.83. The van der Waals surface area contributed by atoms with Crippen molar-refractivity contribution >= 4 is 36.8 Å². The molecule has 0 unspecified atom stereocenters. The molecule has 0 radical (unpaired) electrons. The number of rotatable bonds is 4.